The third kappa shape index (κ3) is 4.81. The molecule has 1 aliphatic rings. The Kier molecular flexibility index (Phi) is 6.63. The molecule has 0 spiro atoms. The Balaban J connectivity index is 1.63. The third-order valence-corrected chi connectivity index (χ3v) is 6.30. The van der Waals surface area contributed by atoms with Gasteiger partial charge in [0.25, 0.3) is 0 Å². The molecule has 0 aliphatic carbocycles. The molecule has 138 valence electrons. The molecule has 1 N–H and O–H groups in total. The van der Waals surface area contributed by atoms with Crippen LogP contribution in [0.15, 0.2) is 59.5 Å². The van der Waals surface area contributed by atoms with Gasteiger partial charge >= 0.3 is 0 Å². The summed E-state index contributed by atoms with van der Waals surface area (Å²) in [6.07, 6.45) is 1.85. The molecule has 1 heterocycles. The molecule has 1 atom stereocenters. The molecular formula is C21H24ClNO2S. The van der Waals surface area contributed by atoms with Crippen molar-refractivity contribution in [2.75, 3.05) is 19.8 Å². The fraction of sp³-hybridized carbons (Fsp3) is 0.381. The van der Waals surface area contributed by atoms with E-state index in [4.69, 9.17) is 16.3 Å². The van der Waals surface area contributed by atoms with Crippen molar-refractivity contribution >= 4 is 29.3 Å². The fourth-order valence-electron chi connectivity index (χ4n) is 3.29. The summed E-state index contributed by atoms with van der Waals surface area (Å²) in [6, 6.07) is 18.1. The summed E-state index contributed by atoms with van der Waals surface area (Å²) in [7, 11) is 0. The van der Waals surface area contributed by atoms with E-state index in [0.29, 0.717) is 11.6 Å². The number of benzene rings is 2. The maximum Gasteiger partial charge on any atom is 0.233 e. The van der Waals surface area contributed by atoms with Gasteiger partial charge in [0.2, 0.25) is 5.91 Å². The molecular weight excluding hydrogens is 366 g/mol. The molecule has 1 fully saturated rings. The highest BCUT2D eigenvalue weighted by atomic mass is 35.5. The zero-order valence-electron chi connectivity index (χ0n) is 14.9. The number of carbonyl (C=O) groups excluding carboxylic acids is 1. The summed E-state index contributed by atoms with van der Waals surface area (Å²) in [5, 5.41) is 3.72. The summed E-state index contributed by atoms with van der Waals surface area (Å²) >= 11 is 7.47. The minimum atomic E-state index is -0.163. The van der Waals surface area contributed by atoms with Gasteiger partial charge in [0, 0.05) is 35.1 Å². The quantitative estimate of drug-likeness (QED) is 0.728. The Labute approximate surface area is 164 Å². The highest BCUT2D eigenvalue weighted by molar-refractivity contribution is 8.00. The second-order valence-electron chi connectivity index (χ2n) is 6.69. The zero-order chi connectivity index (χ0) is 18.4. The molecule has 0 radical (unpaired) electrons. The van der Waals surface area contributed by atoms with E-state index in [1.165, 1.54) is 5.56 Å². The molecule has 1 saturated heterocycles. The van der Waals surface area contributed by atoms with Crippen LogP contribution in [0.2, 0.25) is 5.02 Å². The van der Waals surface area contributed by atoms with E-state index < -0.39 is 0 Å². The van der Waals surface area contributed by atoms with Crippen LogP contribution in [0, 0.1) is 0 Å². The van der Waals surface area contributed by atoms with Crippen LogP contribution in [-0.4, -0.2) is 30.9 Å². The van der Waals surface area contributed by atoms with Crippen LogP contribution in [0.3, 0.4) is 0 Å². The van der Waals surface area contributed by atoms with Gasteiger partial charge < -0.3 is 10.1 Å². The highest BCUT2D eigenvalue weighted by Crippen LogP contribution is 2.34. The number of nitrogens with one attached hydrogen (secondary N) is 1. The van der Waals surface area contributed by atoms with Gasteiger partial charge in [-0.05, 0) is 49.6 Å². The van der Waals surface area contributed by atoms with Crippen LogP contribution in [0.4, 0.5) is 0 Å². The van der Waals surface area contributed by atoms with E-state index in [1.807, 2.05) is 37.3 Å². The lowest BCUT2D eigenvalue weighted by molar-refractivity contribution is -0.120. The van der Waals surface area contributed by atoms with E-state index in [9.17, 15) is 4.79 Å². The van der Waals surface area contributed by atoms with Gasteiger partial charge in [0.1, 0.15) is 0 Å². The Morgan fingerprint density at radius 3 is 2.46 bits per heavy atom. The van der Waals surface area contributed by atoms with Gasteiger partial charge in [-0.25, -0.2) is 0 Å². The summed E-state index contributed by atoms with van der Waals surface area (Å²) < 4.78 is 5.56. The molecule has 0 aromatic heterocycles. The van der Waals surface area contributed by atoms with Crippen molar-refractivity contribution in [2.45, 2.75) is 35.3 Å². The molecule has 1 aliphatic heterocycles. The zero-order valence-corrected chi connectivity index (χ0v) is 16.5. The largest absolute Gasteiger partial charge is 0.381 e. The maximum atomic E-state index is 12.6. The first kappa shape index (κ1) is 19.3. The smallest absolute Gasteiger partial charge is 0.233 e. The monoisotopic (exact) mass is 389 g/mol. The van der Waals surface area contributed by atoms with Crippen LogP contribution < -0.4 is 5.32 Å². The van der Waals surface area contributed by atoms with E-state index in [2.05, 4.69) is 29.6 Å². The lowest BCUT2D eigenvalue weighted by atomic mass is 9.74. The van der Waals surface area contributed by atoms with Gasteiger partial charge in [-0.2, -0.15) is 0 Å². The average molecular weight is 390 g/mol. The molecule has 5 heteroatoms. The molecule has 1 unspecified atom stereocenters. The van der Waals surface area contributed by atoms with Crippen LogP contribution in [-0.2, 0) is 14.9 Å². The Hall–Kier alpha value is -1.49. The van der Waals surface area contributed by atoms with Crippen molar-refractivity contribution < 1.29 is 9.53 Å². The standard InChI is InChI=1S/C21H24ClNO2S/c1-16(26-19-9-7-18(22)8-10-19)20(24)23-15-21(11-13-25-14-12-21)17-5-3-2-4-6-17/h2-10,16H,11-15H2,1H3,(H,23,24). The Morgan fingerprint density at radius 2 is 1.81 bits per heavy atom. The van der Waals surface area contributed by atoms with Gasteiger partial charge in [-0.1, -0.05) is 41.9 Å². The Morgan fingerprint density at radius 1 is 1.15 bits per heavy atom. The highest BCUT2D eigenvalue weighted by Gasteiger charge is 2.35. The number of rotatable bonds is 6. The van der Waals surface area contributed by atoms with Crippen molar-refractivity contribution in [3.63, 3.8) is 0 Å². The lowest BCUT2D eigenvalue weighted by Crippen LogP contribution is -2.46. The predicted octanol–water partition coefficient (Wildman–Crippen LogP) is 4.69. The third-order valence-electron chi connectivity index (χ3n) is 4.93. The van der Waals surface area contributed by atoms with Crippen molar-refractivity contribution in [2.24, 2.45) is 0 Å². The molecule has 26 heavy (non-hydrogen) atoms. The lowest BCUT2D eigenvalue weighted by Gasteiger charge is -2.38. The normalized spacial score (nSPS) is 17.5. The number of hydrogen-bond acceptors (Lipinski definition) is 3. The number of hydrogen-bond donors (Lipinski definition) is 1. The maximum absolute atomic E-state index is 12.6. The summed E-state index contributed by atoms with van der Waals surface area (Å²) in [5.74, 6) is 0.0618. The molecule has 2 aromatic rings. The fourth-order valence-corrected chi connectivity index (χ4v) is 4.31. The number of thioether (sulfide) groups is 1. The first-order valence-electron chi connectivity index (χ1n) is 8.92. The van der Waals surface area contributed by atoms with Crippen LogP contribution >= 0.6 is 23.4 Å². The average Bonchev–Trinajstić information content (AvgIpc) is 2.69. The number of halogens is 1. The number of carbonyl (C=O) groups is 1. The first-order chi connectivity index (χ1) is 12.6. The van der Waals surface area contributed by atoms with Crippen molar-refractivity contribution in [3.8, 4) is 0 Å². The van der Waals surface area contributed by atoms with Crippen LogP contribution in [0.5, 0.6) is 0 Å². The summed E-state index contributed by atoms with van der Waals surface area (Å²) in [5.41, 5.74) is 1.24. The SMILES string of the molecule is CC(Sc1ccc(Cl)cc1)C(=O)NCC1(c2ccccc2)CCOCC1. The van der Waals surface area contributed by atoms with Crippen LogP contribution in [0.1, 0.15) is 25.3 Å². The van der Waals surface area contributed by atoms with Crippen molar-refractivity contribution in [1.82, 2.24) is 5.32 Å². The molecule has 1 amide bonds. The molecule has 3 nitrogen and oxygen atoms in total. The van der Waals surface area contributed by atoms with Gasteiger partial charge in [-0.15, -0.1) is 11.8 Å². The van der Waals surface area contributed by atoms with E-state index in [1.54, 1.807) is 11.8 Å². The molecule has 0 saturated carbocycles. The van der Waals surface area contributed by atoms with Gasteiger partial charge in [0.15, 0.2) is 0 Å². The first-order valence-corrected chi connectivity index (χ1v) is 10.2. The second-order valence-corrected chi connectivity index (χ2v) is 8.54. The van der Waals surface area contributed by atoms with Crippen molar-refractivity contribution in [1.29, 1.82) is 0 Å². The minimum absolute atomic E-state index is 0.0418. The number of ether oxygens (including phenoxy) is 1. The van der Waals surface area contributed by atoms with Gasteiger partial charge in [-0.3, -0.25) is 4.79 Å². The second kappa shape index (κ2) is 8.94. The minimum Gasteiger partial charge on any atom is -0.381 e. The topological polar surface area (TPSA) is 38.3 Å². The van der Waals surface area contributed by atoms with Crippen LogP contribution in [0.25, 0.3) is 0 Å². The Bertz CT molecular complexity index is 715. The summed E-state index contributed by atoms with van der Waals surface area (Å²) in [4.78, 5) is 13.7. The van der Waals surface area contributed by atoms with E-state index in [-0.39, 0.29) is 16.6 Å². The predicted molar refractivity (Wildman–Crippen MR) is 108 cm³/mol. The number of amides is 1. The summed E-state index contributed by atoms with van der Waals surface area (Å²) in [6.45, 7) is 4.05. The molecule has 0 bridgehead atoms. The van der Waals surface area contributed by atoms with E-state index >= 15 is 0 Å². The molecule has 2 aromatic carbocycles. The van der Waals surface area contributed by atoms with Gasteiger partial charge in [0.05, 0.1) is 5.25 Å². The van der Waals surface area contributed by atoms with E-state index in [0.717, 1.165) is 31.0 Å². The van der Waals surface area contributed by atoms with Crippen molar-refractivity contribution in [3.05, 3.63) is 65.2 Å². The molecule has 3 rings (SSSR count).